The number of carbonyl (C=O) groups is 1. The Morgan fingerprint density at radius 3 is 2.83 bits per heavy atom. The molecule has 0 heterocycles. The molecule has 3 nitrogen and oxygen atoms in total. The van der Waals surface area contributed by atoms with Crippen molar-refractivity contribution in [2.24, 2.45) is 5.92 Å². The normalized spacial score (nSPS) is 15.2. The molecule has 1 N–H and O–H groups in total. The van der Waals surface area contributed by atoms with Crippen molar-refractivity contribution >= 4 is 21.7 Å². The number of ketones is 1. The SMILES string of the molecule is CNCC(=O)c1cc(Br)cc(OCC2CCC2)c1. The zero-order valence-electron chi connectivity index (χ0n) is 10.5. The van der Waals surface area contributed by atoms with Crippen LogP contribution in [0.4, 0.5) is 0 Å². The number of nitrogens with one attached hydrogen (secondary N) is 1. The first-order valence-electron chi connectivity index (χ1n) is 6.30. The molecule has 0 unspecified atom stereocenters. The zero-order valence-corrected chi connectivity index (χ0v) is 12.1. The van der Waals surface area contributed by atoms with Crippen LogP contribution >= 0.6 is 15.9 Å². The topological polar surface area (TPSA) is 38.3 Å². The molecule has 1 saturated carbocycles. The van der Waals surface area contributed by atoms with Gasteiger partial charge in [-0.1, -0.05) is 22.4 Å². The molecule has 1 fully saturated rings. The highest BCUT2D eigenvalue weighted by Crippen LogP contribution is 2.28. The Bertz CT molecular complexity index is 430. The number of halogens is 1. The lowest BCUT2D eigenvalue weighted by Gasteiger charge is -2.25. The molecule has 0 spiro atoms. The Labute approximate surface area is 116 Å². The molecule has 0 amide bonds. The maximum atomic E-state index is 11.8. The summed E-state index contributed by atoms with van der Waals surface area (Å²) in [5, 5.41) is 2.87. The fourth-order valence-corrected chi connectivity index (χ4v) is 2.42. The third-order valence-corrected chi connectivity index (χ3v) is 3.70. The minimum Gasteiger partial charge on any atom is -0.493 e. The molecule has 2 rings (SSSR count). The highest BCUT2D eigenvalue weighted by molar-refractivity contribution is 9.10. The third-order valence-electron chi connectivity index (χ3n) is 3.24. The molecule has 98 valence electrons. The van der Waals surface area contributed by atoms with Gasteiger partial charge in [-0.25, -0.2) is 0 Å². The van der Waals surface area contributed by atoms with E-state index in [4.69, 9.17) is 4.74 Å². The summed E-state index contributed by atoms with van der Waals surface area (Å²) in [6, 6.07) is 5.56. The summed E-state index contributed by atoms with van der Waals surface area (Å²) in [6.07, 6.45) is 3.84. The van der Waals surface area contributed by atoms with E-state index in [0.717, 1.165) is 16.8 Å². The van der Waals surface area contributed by atoms with Crippen LogP contribution in [0, 0.1) is 5.92 Å². The summed E-state index contributed by atoms with van der Waals surface area (Å²) in [5.41, 5.74) is 0.683. The second-order valence-corrected chi connectivity index (χ2v) is 5.65. The summed E-state index contributed by atoms with van der Waals surface area (Å²) in [7, 11) is 1.77. The smallest absolute Gasteiger partial charge is 0.176 e. The fourth-order valence-electron chi connectivity index (χ4n) is 1.94. The van der Waals surface area contributed by atoms with E-state index in [2.05, 4.69) is 21.2 Å². The molecule has 1 aromatic rings. The lowest BCUT2D eigenvalue weighted by atomic mass is 9.86. The summed E-state index contributed by atoms with van der Waals surface area (Å²) in [5.74, 6) is 1.54. The van der Waals surface area contributed by atoms with E-state index in [9.17, 15) is 4.79 Å². The van der Waals surface area contributed by atoms with Gasteiger partial charge in [-0.15, -0.1) is 0 Å². The monoisotopic (exact) mass is 311 g/mol. The Morgan fingerprint density at radius 1 is 1.44 bits per heavy atom. The second-order valence-electron chi connectivity index (χ2n) is 4.74. The van der Waals surface area contributed by atoms with Crippen molar-refractivity contribution in [3.63, 3.8) is 0 Å². The van der Waals surface area contributed by atoms with E-state index >= 15 is 0 Å². The van der Waals surface area contributed by atoms with Gasteiger partial charge in [0.1, 0.15) is 5.75 Å². The predicted octanol–water partition coefficient (Wildman–Crippen LogP) is 3.03. The average Bonchev–Trinajstić information content (AvgIpc) is 2.26. The highest BCUT2D eigenvalue weighted by Gasteiger charge is 2.18. The lowest BCUT2D eigenvalue weighted by molar-refractivity contribution is 0.0993. The van der Waals surface area contributed by atoms with Gasteiger partial charge >= 0.3 is 0 Å². The average molecular weight is 312 g/mol. The standard InChI is InChI=1S/C14H18BrNO2/c1-16-8-14(17)11-5-12(15)7-13(6-11)18-9-10-3-2-4-10/h5-7,10,16H,2-4,8-9H2,1H3. The molecular formula is C14H18BrNO2. The van der Waals surface area contributed by atoms with Crippen LogP contribution in [-0.4, -0.2) is 26.0 Å². The van der Waals surface area contributed by atoms with E-state index in [1.807, 2.05) is 18.2 Å². The van der Waals surface area contributed by atoms with Crippen molar-refractivity contribution in [1.82, 2.24) is 5.32 Å². The maximum Gasteiger partial charge on any atom is 0.176 e. The first kappa shape index (κ1) is 13.6. The number of Topliss-reactive ketones (excluding diaryl/α,β-unsaturated/α-hetero) is 1. The van der Waals surface area contributed by atoms with Crippen LogP contribution in [0.15, 0.2) is 22.7 Å². The van der Waals surface area contributed by atoms with E-state index in [0.29, 0.717) is 18.0 Å². The third kappa shape index (κ3) is 3.56. The molecule has 1 aliphatic carbocycles. The molecule has 1 aromatic carbocycles. The number of hydrogen-bond acceptors (Lipinski definition) is 3. The Kier molecular flexibility index (Phi) is 4.78. The molecular weight excluding hydrogens is 294 g/mol. The number of hydrogen-bond donors (Lipinski definition) is 1. The summed E-state index contributed by atoms with van der Waals surface area (Å²) in [4.78, 5) is 11.8. The summed E-state index contributed by atoms with van der Waals surface area (Å²) < 4.78 is 6.64. The van der Waals surface area contributed by atoms with Crippen LogP contribution in [0.1, 0.15) is 29.6 Å². The van der Waals surface area contributed by atoms with Crippen LogP contribution in [0.2, 0.25) is 0 Å². The van der Waals surface area contributed by atoms with Gasteiger partial charge < -0.3 is 10.1 Å². The largest absolute Gasteiger partial charge is 0.493 e. The quantitative estimate of drug-likeness (QED) is 0.821. The van der Waals surface area contributed by atoms with Crippen LogP contribution in [0.3, 0.4) is 0 Å². The van der Waals surface area contributed by atoms with Crippen molar-refractivity contribution in [2.45, 2.75) is 19.3 Å². The van der Waals surface area contributed by atoms with Crippen molar-refractivity contribution in [2.75, 3.05) is 20.2 Å². The van der Waals surface area contributed by atoms with Crippen molar-refractivity contribution in [1.29, 1.82) is 0 Å². The molecule has 0 radical (unpaired) electrons. The Morgan fingerprint density at radius 2 is 2.22 bits per heavy atom. The van der Waals surface area contributed by atoms with Gasteiger partial charge in [-0.05, 0) is 44.0 Å². The number of benzene rings is 1. The van der Waals surface area contributed by atoms with Crippen LogP contribution in [0.25, 0.3) is 0 Å². The molecule has 4 heteroatoms. The van der Waals surface area contributed by atoms with E-state index in [1.54, 1.807) is 7.05 Å². The second kappa shape index (κ2) is 6.34. The first-order valence-corrected chi connectivity index (χ1v) is 7.09. The number of ether oxygens (including phenoxy) is 1. The molecule has 0 atom stereocenters. The number of rotatable bonds is 6. The highest BCUT2D eigenvalue weighted by atomic mass is 79.9. The molecule has 0 aromatic heterocycles. The van der Waals surface area contributed by atoms with Gasteiger partial charge in [0.25, 0.3) is 0 Å². The van der Waals surface area contributed by atoms with Crippen molar-refractivity contribution in [3.8, 4) is 5.75 Å². The fraction of sp³-hybridized carbons (Fsp3) is 0.500. The first-order chi connectivity index (χ1) is 8.69. The molecule has 18 heavy (non-hydrogen) atoms. The van der Waals surface area contributed by atoms with Crippen molar-refractivity contribution in [3.05, 3.63) is 28.2 Å². The minimum atomic E-state index is 0.0762. The van der Waals surface area contributed by atoms with Crippen LogP contribution in [0.5, 0.6) is 5.75 Å². The Balaban J connectivity index is 2.02. The van der Waals surface area contributed by atoms with Crippen LogP contribution in [-0.2, 0) is 0 Å². The number of likely N-dealkylation sites (N-methyl/N-ethyl adjacent to an activating group) is 1. The van der Waals surface area contributed by atoms with Gasteiger partial charge in [0, 0.05) is 10.0 Å². The lowest BCUT2D eigenvalue weighted by Crippen LogP contribution is -2.20. The number of carbonyl (C=O) groups excluding carboxylic acids is 1. The zero-order chi connectivity index (χ0) is 13.0. The summed E-state index contributed by atoms with van der Waals surface area (Å²) >= 11 is 3.42. The maximum absolute atomic E-state index is 11.8. The molecule has 1 aliphatic rings. The van der Waals surface area contributed by atoms with Gasteiger partial charge in [-0.2, -0.15) is 0 Å². The summed E-state index contributed by atoms with van der Waals surface area (Å²) in [6.45, 7) is 1.11. The Hall–Kier alpha value is -0.870. The predicted molar refractivity (Wildman–Crippen MR) is 75.2 cm³/mol. The van der Waals surface area contributed by atoms with Crippen molar-refractivity contribution < 1.29 is 9.53 Å². The van der Waals surface area contributed by atoms with Gasteiger partial charge in [0.15, 0.2) is 5.78 Å². The van der Waals surface area contributed by atoms with E-state index < -0.39 is 0 Å². The van der Waals surface area contributed by atoms with Gasteiger partial charge in [0.2, 0.25) is 0 Å². The van der Waals surface area contributed by atoms with Crippen LogP contribution < -0.4 is 10.1 Å². The minimum absolute atomic E-state index is 0.0762. The molecule has 0 aliphatic heterocycles. The van der Waals surface area contributed by atoms with Gasteiger partial charge in [0.05, 0.1) is 13.2 Å². The van der Waals surface area contributed by atoms with E-state index in [1.165, 1.54) is 19.3 Å². The molecule has 0 bridgehead atoms. The van der Waals surface area contributed by atoms with E-state index in [-0.39, 0.29) is 5.78 Å². The van der Waals surface area contributed by atoms with Gasteiger partial charge in [-0.3, -0.25) is 4.79 Å². The molecule has 0 saturated heterocycles.